The van der Waals surface area contributed by atoms with Gasteiger partial charge in [-0.1, -0.05) is 48.9 Å². The van der Waals surface area contributed by atoms with Crippen molar-refractivity contribution in [3.8, 4) is 5.75 Å². The van der Waals surface area contributed by atoms with Crippen LogP contribution in [0.15, 0.2) is 54.1 Å². The molecule has 1 saturated carbocycles. The molecule has 7 heteroatoms. The number of carbonyl (C=O) groups excluding carboxylic acids is 2. The summed E-state index contributed by atoms with van der Waals surface area (Å²) in [6, 6.07) is 7.80. The molecule has 3 nitrogen and oxygen atoms in total. The van der Waals surface area contributed by atoms with E-state index in [-0.39, 0.29) is 48.2 Å². The van der Waals surface area contributed by atoms with Crippen LogP contribution in [0.25, 0.3) is 10.8 Å². The SMILES string of the molecule is CC(=O)C1(CCC(=O)c2cc(F)c3ccccc3c2OCC2C=CC(C(F)(F)F)=CC2)CCC1. The summed E-state index contributed by atoms with van der Waals surface area (Å²) in [5.74, 6) is -0.874. The zero-order chi connectivity index (χ0) is 24.5. The predicted molar refractivity (Wildman–Crippen MR) is 121 cm³/mol. The molecule has 0 aromatic heterocycles. The van der Waals surface area contributed by atoms with Gasteiger partial charge in [0.25, 0.3) is 0 Å². The van der Waals surface area contributed by atoms with Crippen LogP contribution in [0.1, 0.15) is 55.8 Å². The molecule has 2 aromatic rings. The molecule has 1 atom stereocenters. The number of hydrogen-bond acceptors (Lipinski definition) is 3. The molecule has 0 bridgehead atoms. The van der Waals surface area contributed by atoms with Crippen LogP contribution in [0.3, 0.4) is 0 Å². The summed E-state index contributed by atoms with van der Waals surface area (Å²) in [5, 5.41) is 0.730. The van der Waals surface area contributed by atoms with Gasteiger partial charge in [-0.15, -0.1) is 0 Å². The molecule has 0 spiro atoms. The average molecular weight is 474 g/mol. The fourth-order valence-corrected chi connectivity index (χ4v) is 4.73. The van der Waals surface area contributed by atoms with Crippen LogP contribution in [-0.2, 0) is 4.79 Å². The van der Waals surface area contributed by atoms with Crippen LogP contribution in [0.2, 0.25) is 0 Å². The molecule has 0 N–H and O–H groups in total. The molecule has 0 amide bonds. The molecular weight excluding hydrogens is 448 g/mol. The molecule has 2 aromatic carbocycles. The molecule has 2 aliphatic carbocycles. The number of halogens is 4. The van der Waals surface area contributed by atoms with Gasteiger partial charge < -0.3 is 4.74 Å². The van der Waals surface area contributed by atoms with E-state index in [2.05, 4.69) is 0 Å². The van der Waals surface area contributed by atoms with Crippen LogP contribution in [0.5, 0.6) is 5.75 Å². The van der Waals surface area contributed by atoms with Gasteiger partial charge >= 0.3 is 6.18 Å². The van der Waals surface area contributed by atoms with Gasteiger partial charge in [0.05, 0.1) is 17.7 Å². The van der Waals surface area contributed by atoms with Gasteiger partial charge in [0, 0.05) is 28.5 Å². The Labute approximate surface area is 195 Å². The van der Waals surface area contributed by atoms with Gasteiger partial charge in [0.2, 0.25) is 0 Å². The van der Waals surface area contributed by atoms with Gasteiger partial charge in [-0.25, -0.2) is 4.39 Å². The van der Waals surface area contributed by atoms with Gasteiger partial charge in [0.1, 0.15) is 17.3 Å². The maximum atomic E-state index is 14.8. The van der Waals surface area contributed by atoms with Crippen molar-refractivity contribution in [3.05, 3.63) is 65.5 Å². The Morgan fingerprint density at radius 1 is 1.15 bits per heavy atom. The molecule has 1 unspecified atom stereocenters. The monoisotopic (exact) mass is 474 g/mol. The molecule has 4 rings (SSSR count). The molecule has 0 saturated heterocycles. The largest absolute Gasteiger partial charge is 0.492 e. The number of allylic oxidation sites excluding steroid dienone is 3. The Kier molecular flexibility index (Phi) is 6.65. The minimum Gasteiger partial charge on any atom is -0.492 e. The van der Waals surface area contributed by atoms with Crippen LogP contribution in [0.4, 0.5) is 17.6 Å². The van der Waals surface area contributed by atoms with E-state index in [1.807, 2.05) is 0 Å². The summed E-state index contributed by atoms with van der Waals surface area (Å²) in [5.41, 5.74) is -1.07. The number of carbonyl (C=O) groups is 2. The van der Waals surface area contributed by atoms with Crippen molar-refractivity contribution in [2.75, 3.05) is 6.61 Å². The lowest BCUT2D eigenvalue weighted by molar-refractivity contribution is -0.131. The van der Waals surface area contributed by atoms with Crippen molar-refractivity contribution >= 4 is 22.3 Å². The average Bonchev–Trinajstić information content (AvgIpc) is 2.77. The molecule has 2 aliphatic rings. The number of Topliss-reactive ketones (excluding diaryl/α,β-unsaturated/α-hetero) is 2. The first-order valence-corrected chi connectivity index (χ1v) is 11.4. The first-order valence-electron chi connectivity index (χ1n) is 11.4. The Morgan fingerprint density at radius 2 is 1.85 bits per heavy atom. The predicted octanol–water partition coefficient (Wildman–Crippen LogP) is 7.14. The molecule has 1 fully saturated rings. The second kappa shape index (κ2) is 9.35. The number of ketones is 2. The topological polar surface area (TPSA) is 43.4 Å². The van der Waals surface area contributed by atoms with Gasteiger partial charge in [0.15, 0.2) is 5.78 Å². The highest BCUT2D eigenvalue weighted by Gasteiger charge is 2.41. The van der Waals surface area contributed by atoms with Crippen molar-refractivity contribution in [2.24, 2.45) is 11.3 Å². The fourth-order valence-electron chi connectivity index (χ4n) is 4.73. The minimum atomic E-state index is -4.40. The van der Waals surface area contributed by atoms with Crippen molar-refractivity contribution in [2.45, 2.75) is 51.6 Å². The minimum absolute atomic E-state index is 0.0471. The fraction of sp³-hybridized carbons (Fsp3) is 0.407. The number of rotatable bonds is 8. The lowest BCUT2D eigenvalue weighted by Crippen LogP contribution is -2.36. The zero-order valence-electron chi connectivity index (χ0n) is 18.9. The summed E-state index contributed by atoms with van der Waals surface area (Å²) in [7, 11) is 0. The van der Waals surface area contributed by atoms with Crippen LogP contribution < -0.4 is 4.74 Å². The lowest BCUT2D eigenvalue weighted by Gasteiger charge is -2.39. The number of hydrogen-bond donors (Lipinski definition) is 0. The standard InChI is InChI=1S/C27H26F4O3/c1-17(32)26(12-4-13-26)14-11-24(33)22-15-23(28)20-5-2-3-6-21(20)25(22)34-16-18-7-9-19(10-8-18)27(29,30)31/h2-3,5-7,9-10,15,18H,4,8,11-14,16H2,1H3. The summed E-state index contributed by atoms with van der Waals surface area (Å²) in [4.78, 5) is 25.2. The summed E-state index contributed by atoms with van der Waals surface area (Å²) in [6.45, 7) is 1.59. The first-order chi connectivity index (χ1) is 16.1. The lowest BCUT2D eigenvalue weighted by atomic mass is 9.63. The molecule has 0 aliphatic heterocycles. The molecule has 0 heterocycles. The highest BCUT2D eigenvalue weighted by atomic mass is 19.4. The summed E-state index contributed by atoms with van der Waals surface area (Å²) >= 11 is 0. The third-order valence-electron chi connectivity index (χ3n) is 7.09. The van der Waals surface area contributed by atoms with Crippen molar-refractivity contribution in [1.29, 1.82) is 0 Å². The third-order valence-corrected chi connectivity index (χ3v) is 7.09. The van der Waals surface area contributed by atoms with E-state index in [1.54, 1.807) is 31.2 Å². The molecular formula is C27H26F4O3. The van der Waals surface area contributed by atoms with E-state index in [9.17, 15) is 27.2 Å². The normalized spacial score (nSPS) is 19.4. The Hall–Kier alpha value is -2.96. The van der Waals surface area contributed by atoms with E-state index in [0.29, 0.717) is 17.2 Å². The zero-order valence-corrected chi connectivity index (χ0v) is 18.9. The Morgan fingerprint density at radius 3 is 2.41 bits per heavy atom. The second-order valence-corrected chi connectivity index (χ2v) is 9.22. The maximum absolute atomic E-state index is 14.8. The van der Waals surface area contributed by atoms with E-state index < -0.39 is 23.0 Å². The highest BCUT2D eigenvalue weighted by molar-refractivity contribution is 6.05. The third kappa shape index (κ3) is 4.79. The maximum Gasteiger partial charge on any atom is 0.416 e. The highest BCUT2D eigenvalue weighted by Crippen LogP contribution is 2.46. The van der Waals surface area contributed by atoms with E-state index in [1.165, 1.54) is 12.1 Å². The Bertz CT molecular complexity index is 1170. The van der Waals surface area contributed by atoms with Crippen molar-refractivity contribution in [1.82, 2.24) is 0 Å². The number of benzene rings is 2. The molecule has 0 radical (unpaired) electrons. The van der Waals surface area contributed by atoms with Crippen molar-refractivity contribution in [3.63, 3.8) is 0 Å². The molecule has 180 valence electrons. The van der Waals surface area contributed by atoms with E-state index in [0.717, 1.165) is 31.4 Å². The van der Waals surface area contributed by atoms with E-state index >= 15 is 0 Å². The van der Waals surface area contributed by atoms with Gasteiger partial charge in [-0.3, -0.25) is 9.59 Å². The number of ether oxygens (including phenoxy) is 1. The first kappa shape index (κ1) is 24.2. The smallest absolute Gasteiger partial charge is 0.416 e. The van der Waals surface area contributed by atoms with Gasteiger partial charge in [-0.2, -0.15) is 13.2 Å². The molecule has 34 heavy (non-hydrogen) atoms. The van der Waals surface area contributed by atoms with Crippen molar-refractivity contribution < 1.29 is 31.9 Å². The van der Waals surface area contributed by atoms with Crippen LogP contribution in [0, 0.1) is 17.2 Å². The van der Waals surface area contributed by atoms with Crippen LogP contribution in [-0.4, -0.2) is 24.3 Å². The second-order valence-electron chi connectivity index (χ2n) is 9.22. The van der Waals surface area contributed by atoms with E-state index in [4.69, 9.17) is 4.74 Å². The van der Waals surface area contributed by atoms with Crippen LogP contribution >= 0.6 is 0 Å². The summed E-state index contributed by atoms with van der Waals surface area (Å²) < 4.78 is 59.4. The summed E-state index contributed by atoms with van der Waals surface area (Å²) in [6.07, 6.45) is 2.32. The number of alkyl halides is 3. The number of fused-ring (bicyclic) bond motifs is 1. The quantitative estimate of drug-likeness (QED) is 0.302. The Balaban J connectivity index is 1.57. The van der Waals surface area contributed by atoms with Gasteiger partial charge in [-0.05, 0) is 38.7 Å².